The number of hydrogen-bond acceptors (Lipinski definition) is 4. The molecular weight excluding hydrogens is 444 g/mol. The number of anilines is 1. The summed E-state index contributed by atoms with van der Waals surface area (Å²) in [5, 5.41) is 4.04. The Morgan fingerprint density at radius 1 is 1.03 bits per heavy atom. The average Bonchev–Trinajstić information content (AvgIpc) is 3.59. The van der Waals surface area contributed by atoms with Crippen molar-refractivity contribution in [3.05, 3.63) is 59.2 Å². The van der Waals surface area contributed by atoms with Gasteiger partial charge in [0.2, 0.25) is 0 Å². The van der Waals surface area contributed by atoms with E-state index in [2.05, 4.69) is 73.5 Å². The summed E-state index contributed by atoms with van der Waals surface area (Å²) < 4.78 is 13.0. The number of methoxy groups -OCH3 is 1. The molecule has 7 aliphatic rings. The predicted octanol–water partition coefficient (Wildman–Crippen LogP) is 5.78. The first-order chi connectivity index (χ1) is 17.2. The van der Waals surface area contributed by atoms with Crippen molar-refractivity contribution in [2.75, 3.05) is 32.1 Å². The number of benzene rings is 2. The number of nitrogens with one attached hydrogen (secondary N) is 1. The second kappa shape index (κ2) is 6.69. The quantitative estimate of drug-likeness (QED) is 0.583. The van der Waals surface area contributed by atoms with Gasteiger partial charge in [0.25, 0.3) is 0 Å². The summed E-state index contributed by atoms with van der Waals surface area (Å²) in [5.41, 5.74) is 6.22. The van der Waals surface area contributed by atoms with Crippen molar-refractivity contribution >= 4 is 5.69 Å². The van der Waals surface area contributed by atoms with Crippen molar-refractivity contribution in [3.8, 4) is 5.75 Å². The molecule has 4 bridgehead atoms. The van der Waals surface area contributed by atoms with Gasteiger partial charge in [0.1, 0.15) is 5.75 Å². The van der Waals surface area contributed by atoms with Crippen LogP contribution in [-0.4, -0.2) is 48.9 Å². The van der Waals surface area contributed by atoms with Crippen LogP contribution in [0.1, 0.15) is 76.0 Å². The molecule has 3 aliphatic heterocycles. The van der Waals surface area contributed by atoms with E-state index in [0.29, 0.717) is 6.04 Å². The zero-order valence-electron chi connectivity index (χ0n) is 22.3. The van der Waals surface area contributed by atoms with Crippen LogP contribution in [0.3, 0.4) is 0 Å². The summed E-state index contributed by atoms with van der Waals surface area (Å²) >= 11 is 0. The van der Waals surface area contributed by atoms with Crippen LogP contribution in [0.4, 0.5) is 5.69 Å². The van der Waals surface area contributed by atoms with E-state index in [1.807, 2.05) is 0 Å². The Morgan fingerprint density at radius 2 is 1.83 bits per heavy atom. The highest BCUT2D eigenvalue weighted by molar-refractivity contribution is 5.63. The SMILES string of the molecule is COc1ccc2c(c1)[C@]13CC24CN(CC2CC2)[C@H]4[C@]12CC[C@@](Nc1ccc(C(C)(C)C)cc1)(CO2)C3. The van der Waals surface area contributed by atoms with Crippen LogP contribution in [0.15, 0.2) is 42.5 Å². The topological polar surface area (TPSA) is 33.7 Å². The summed E-state index contributed by atoms with van der Waals surface area (Å²) in [5.74, 6) is 1.92. The number of ether oxygens (including phenoxy) is 2. The van der Waals surface area contributed by atoms with Gasteiger partial charge in [0.05, 0.1) is 30.9 Å². The van der Waals surface area contributed by atoms with Crippen molar-refractivity contribution in [3.63, 3.8) is 0 Å². The van der Waals surface area contributed by atoms with Gasteiger partial charge in [-0.25, -0.2) is 0 Å². The summed E-state index contributed by atoms with van der Waals surface area (Å²) in [6.45, 7) is 10.2. The van der Waals surface area contributed by atoms with E-state index in [1.54, 1.807) is 12.7 Å². The van der Waals surface area contributed by atoms with E-state index >= 15 is 0 Å². The third-order valence-corrected chi connectivity index (χ3v) is 11.1. The fourth-order valence-electron chi connectivity index (χ4n) is 9.51. The first-order valence-corrected chi connectivity index (χ1v) is 14.2. The van der Waals surface area contributed by atoms with Crippen molar-refractivity contribution in [1.29, 1.82) is 0 Å². The molecule has 2 aromatic rings. The fourth-order valence-corrected chi connectivity index (χ4v) is 9.51. The summed E-state index contributed by atoms with van der Waals surface area (Å²) in [7, 11) is 1.80. The van der Waals surface area contributed by atoms with Crippen molar-refractivity contribution in [2.24, 2.45) is 5.92 Å². The third kappa shape index (κ3) is 2.58. The molecule has 1 unspecified atom stereocenters. The summed E-state index contributed by atoms with van der Waals surface area (Å²) in [4.78, 5) is 2.84. The fraction of sp³-hybridized carbons (Fsp3) is 0.625. The Bertz CT molecular complexity index is 1230. The van der Waals surface area contributed by atoms with E-state index in [9.17, 15) is 0 Å². The lowest BCUT2D eigenvalue weighted by Crippen LogP contribution is -2.79. The molecule has 36 heavy (non-hydrogen) atoms. The molecule has 0 aromatic heterocycles. The number of hydrogen-bond donors (Lipinski definition) is 1. The third-order valence-electron chi connectivity index (χ3n) is 11.1. The molecule has 3 saturated heterocycles. The molecule has 4 aliphatic carbocycles. The lowest BCUT2D eigenvalue weighted by Gasteiger charge is -2.68. The Labute approximate surface area is 215 Å². The van der Waals surface area contributed by atoms with Gasteiger partial charge >= 0.3 is 0 Å². The zero-order valence-corrected chi connectivity index (χ0v) is 22.3. The van der Waals surface area contributed by atoms with Gasteiger partial charge in [-0.1, -0.05) is 39.0 Å². The van der Waals surface area contributed by atoms with Gasteiger partial charge in [-0.3, -0.25) is 4.90 Å². The molecule has 190 valence electrons. The smallest absolute Gasteiger partial charge is 0.119 e. The van der Waals surface area contributed by atoms with Crippen LogP contribution in [0.5, 0.6) is 5.75 Å². The van der Waals surface area contributed by atoms with E-state index in [-0.39, 0.29) is 27.4 Å². The van der Waals surface area contributed by atoms with Crippen LogP contribution >= 0.6 is 0 Å². The maximum Gasteiger partial charge on any atom is 0.119 e. The molecule has 0 amide bonds. The van der Waals surface area contributed by atoms with Gasteiger partial charge in [-0.05, 0) is 90.8 Å². The normalized spacial score (nSPS) is 39.8. The van der Waals surface area contributed by atoms with Gasteiger partial charge in [0, 0.05) is 29.6 Å². The monoisotopic (exact) mass is 484 g/mol. The molecular formula is C32H40N2O2. The average molecular weight is 485 g/mol. The molecule has 4 heteroatoms. The second-order valence-corrected chi connectivity index (χ2v) is 14.2. The van der Waals surface area contributed by atoms with Gasteiger partial charge in [-0.15, -0.1) is 0 Å². The maximum absolute atomic E-state index is 7.21. The molecule has 3 heterocycles. The van der Waals surface area contributed by atoms with Gasteiger partial charge in [-0.2, -0.15) is 0 Å². The Balaban J connectivity index is 1.19. The van der Waals surface area contributed by atoms with E-state index < -0.39 is 0 Å². The molecule has 3 spiro atoms. The van der Waals surface area contributed by atoms with Crippen LogP contribution in [-0.2, 0) is 21.0 Å². The zero-order chi connectivity index (χ0) is 24.6. The molecule has 0 radical (unpaired) electrons. The predicted molar refractivity (Wildman–Crippen MR) is 143 cm³/mol. The molecule has 1 N–H and O–H groups in total. The van der Waals surface area contributed by atoms with E-state index in [4.69, 9.17) is 9.47 Å². The molecule has 6 fully saturated rings. The standard InChI is InChI=1S/C32H40N2O2/c1-28(2,3)22-7-9-23(10-8-22)33-29-13-14-32(36-20-29)27-30(19-34(27)16-21-5-6-21)18-31(32,17-29)26-15-24(35-4)11-12-25(26)30/h7-12,15,21,27,33H,5-6,13-14,16-20H2,1-4H3/t27-,29+,30?,31+,32-/m1/s1. The van der Waals surface area contributed by atoms with Gasteiger partial charge in [0.15, 0.2) is 0 Å². The first kappa shape index (κ1) is 22.0. The number of nitrogens with zero attached hydrogens (tertiary/aromatic N) is 1. The minimum atomic E-state index is -0.0426. The maximum atomic E-state index is 7.21. The molecule has 2 aromatic carbocycles. The minimum Gasteiger partial charge on any atom is -0.497 e. The lowest BCUT2D eigenvalue weighted by atomic mass is 9.51. The largest absolute Gasteiger partial charge is 0.497 e. The lowest BCUT2D eigenvalue weighted by molar-refractivity contribution is -0.231. The number of fused-ring (bicyclic) bond motifs is 3. The van der Waals surface area contributed by atoms with Crippen LogP contribution < -0.4 is 10.1 Å². The van der Waals surface area contributed by atoms with E-state index in [1.165, 1.54) is 55.6 Å². The number of likely N-dealkylation sites (tertiary alicyclic amines) is 1. The van der Waals surface area contributed by atoms with Crippen molar-refractivity contribution in [2.45, 2.75) is 92.7 Å². The molecule has 3 saturated carbocycles. The van der Waals surface area contributed by atoms with Crippen LogP contribution in [0, 0.1) is 5.92 Å². The molecule has 9 rings (SSSR count). The van der Waals surface area contributed by atoms with E-state index in [0.717, 1.165) is 31.1 Å². The summed E-state index contributed by atoms with van der Waals surface area (Å²) in [6, 6.07) is 16.7. The van der Waals surface area contributed by atoms with Crippen LogP contribution in [0.2, 0.25) is 0 Å². The van der Waals surface area contributed by atoms with Crippen molar-refractivity contribution in [1.82, 2.24) is 4.90 Å². The highest BCUT2D eigenvalue weighted by Gasteiger charge is 2.84. The minimum absolute atomic E-state index is 0.0119. The summed E-state index contributed by atoms with van der Waals surface area (Å²) in [6.07, 6.45) is 7.61. The van der Waals surface area contributed by atoms with Crippen LogP contribution in [0.25, 0.3) is 0 Å². The van der Waals surface area contributed by atoms with Gasteiger partial charge < -0.3 is 14.8 Å². The van der Waals surface area contributed by atoms with Crippen molar-refractivity contribution < 1.29 is 9.47 Å². The highest BCUT2D eigenvalue weighted by Crippen LogP contribution is 2.77. The Kier molecular flexibility index (Phi) is 4.08. The Morgan fingerprint density at radius 3 is 2.50 bits per heavy atom. The second-order valence-electron chi connectivity index (χ2n) is 14.2. The molecule has 5 atom stereocenters. The Hall–Kier alpha value is -2.04. The highest BCUT2D eigenvalue weighted by atomic mass is 16.5. The molecule has 4 nitrogen and oxygen atoms in total. The first-order valence-electron chi connectivity index (χ1n) is 14.2. The number of rotatable bonds is 5.